The Kier molecular flexibility index (Phi) is 32.1. The summed E-state index contributed by atoms with van der Waals surface area (Å²) in [4.78, 5) is 25.3. The lowest BCUT2D eigenvalue weighted by Gasteiger charge is -2.40. The Morgan fingerprint density at radius 1 is 0.589 bits per heavy atom. The second-order valence-electron chi connectivity index (χ2n) is 15.7. The fraction of sp³-hybridized carbons (Fsp3) is 0.907. The minimum atomic E-state index is -4.60. The molecule has 0 bridgehead atoms. The molecule has 0 aromatic rings. The number of carbonyl (C=O) groups is 2. The topological polar surface area (TPSA) is 186 Å². The van der Waals surface area contributed by atoms with Gasteiger partial charge in [-0.15, -0.1) is 0 Å². The minimum Gasteiger partial charge on any atom is -0.462 e. The quantitative estimate of drug-likeness (QED) is 0.0203. The fourth-order valence-electron chi connectivity index (χ4n) is 6.85. The Bertz CT molecular complexity index is 1100. The number of allylic oxidation sites excluding steroid dienone is 2. The first-order chi connectivity index (χ1) is 27.0. The first-order valence-electron chi connectivity index (χ1n) is 22.2. The van der Waals surface area contributed by atoms with E-state index in [-0.39, 0.29) is 19.4 Å². The number of carbonyl (C=O) groups excluding carboxylic acids is 2. The maximum Gasteiger partial charge on any atom is 0.306 e. The molecule has 0 aromatic carbocycles. The van der Waals surface area contributed by atoms with Gasteiger partial charge in [-0.1, -0.05) is 154 Å². The van der Waals surface area contributed by atoms with E-state index in [1.165, 1.54) is 109 Å². The predicted molar refractivity (Wildman–Crippen MR) is 220 cm³/mol. The summed E-state index contributed by atoms with van der Waals surface area (Å²) in [6.45, 7) is 3.74. The van der Waals surface area contributed by atoms with Gasteiger partial charge in [-0.25, -0.2) is 0 Å². The highest BCUT2D eigenvalue weighted by Gasteiger charge is 2.46. The number of hydrogen-bond acceptors (Lipinski definition) is 11. The van der Waals surface area contributed by atoms with Gasteiger partial charge in [-0.05, 0) is 38.5 Å². The molecule has 1 fully saturated rings. The van der Waals surface area contributed by atoms with Crippen LogP contribution >= 0.6 is 0 Å². The molecule has 1 heterocycles. The van der Waals surface area contributed by atoms with E-state index in [1.807, 2.05) is 0 Å². The summed E-state index contributed by atoms with van der Waals surface area (Å²) in [5.74, 6) is -1.99. The van der Waals surface area contributed by atoms with E-state index in [1.54, 1.807) is 0 Å². The van der Waals surface area contributed by atoms with Crippen LogP contribution < -0.4 is 0 Å². The van der Waals surface area contributed by atoms with Gasteiger partial charge in [0.05, 0.1) is 6.61 Å². The largest absolute Gasteiger partial charge is 0.462 e. The normalized spacial score (nSPS) is 20.7. The van der Waals surface area contributed by atoms with Gasteiger partial charge in [0.1, 0.15) is 36.8 Å². The van der Waals surface area contributed by atoms with E-state index >= 15 is 0 Å². The highest BCUT2D eigenvalue weighted by molar-refractivity contribution is 7.85. The summed E-state index contributed by atoms with van der Waals surface area (Å²) in [6.07, 6.45) is 25.5. The average Bonchev–Trinajstić information content (AvgIpc) is 3.16. The van der Waals surface area contributed by atoms with Gasteiger partial charge in [0.15, 0.2) is 12.4 Å². The number of aliphatic hydroxyl groups is 3. The van der Waals surface area contributed by atoms with E-state index < -0.39 is 71.2 Å². The van der Waals surface area contributed by atoms with Crippen molar-refractivity contribution in [2.24, 2.45) is 0 Å². The Morgan fingerprint density at radius 3 is 1.50 bits per heavy atom. The third kappa shape index (κ3) is 28.7. The number of aliphatic hydroxyl groups excluding tert-OH is 3. The van der Waals surface area contributed by atoms with E-state index in [2.05, 4.69) is 26.0 Å². The maximum absolute atomic E-state index is 12.8. The molecule has 330 valence electrons. The molecule has 1 aliphatic heterocycles. The van der Waals surface area contributed by atoms with Crippen LogP contribution in [0.25, 0.3) is 0 Å². The average molecular weight is 821 g/mol. The summed E-state index contributed by atoms with van der Waals surface area (Å²) in [5, 5.41) is 30.8. The zero-order chi connectivity index (χ0) is 41.3. The maximum atomic E-state index is 12.8. The summed E-state index contributed by atoms with van der Waals surface area (Å²) in [7, 11) is -4.60. The van der Waals surface area contributed by atoms with Crippen molar-refractivity contribution in [2.75, 3.05) is 19.0 Å². The molecule has 1 saturated heterocycles. The molecule has 1 rings (SSSR count). The van der Waals surface area contributed by atoms with Gasteiger partial charge >= 0.3 is 11.9 Å². The summed E-state index contributed by atoms with van der Waals surface area (Å²) in [6, 6.07) is 0. The molecule has 56 heavy (non-hydrogen) atoms. The Morgan fingerprint density at radius 2 is 1.02 bits per heavy atom. The molecule has 12 nitrogen and oxygen atoms in total. The van der Waals surface area contributed by atoms with Gasteiger partial charge in [0.2, 0.25) is 0 Å². The highest BCUT2D eigenvalue weighted by Crippen LogP contribution is 2.24. The van der Waals surface area contributed by atoms with Gasteiger partial charge in [-0.3, -0.25) is 14.1 Å². The smallest absolute Gasteiger partial charge is 0.306 e. The molecule has 0 aromatic heterocycles. The van der Waals surface area contributed by atoms with E-state index in [0.29, 0.717) is 12.8 Å². The number of ether oxygens (including phenoxy) is 4. The molecule has 13 heteroatoms. The molecule has 6 atom stereocenters. The van der Waals surface area contributed by atoms with Crippen LogP contribution in [0.5, 0.6) is 0 Å². The Labute approximate surface area is 339 Å². The fourth-order valence-corrected chi connectivity index (χ4v) is 7.54. The van der Waals surface area contributed by atoms with Crippen molar-refractivity contribution in [2.45, 2.75) is 230 Å². The van der Waals surface area contributed by atoms with Crippen LogP contribution in [-0.2, 0) is 38.7 Å². The second kappa shape index (κ2) is 34.3. The van der Waals surface area contributed by atoms with E-state index in [9.17, 15) is 37.9 Å². The van der Waals surface area contributed by atoms with Crippen molar-refractivity contribution in [1.29, 1.82) is 0 Å². The van der Waals surface area contributed by atoms with Crippen LogP contribution in [0.4, 0.5) is 0 Å². The monoisotopic (exact) mass is 821 g/mol. The zero-order valence-corrected chi connectivity index (χ0v) is 35.8. The molecule has 4 N–H and O–H groups in total. The predicted octanol–water partition coefficient (Wildman–Crippen LogP) is 8.67. The highest BCUT2D eigenvalue weighted by atomic mass is 32.2. The summed E-state index contributed by atoms with van der Waals surface area (Å²) in [5.41, 5.74) is 0. The summed E-state index contributed by atoms with van der Waals surface area (Å²) < 4.78 is 54.0. The number of rotatable bonds is 37. The van der Waals surface area contributed by atoms with Crippen molar-refractivity contribution in [1.82, 2.24) is 0 Å². The molecule has 0 spiro atoms. The molecule has 0 radical (unpaired) electrons. The SMILES string of the molecule is CCCCCCCC/C=C/CCCCCC(=O)O[C@H](COC(=O)CCCCCCCCCCCCCCCCC)CO[C@H]1O[C@H](CS(=O)(=O)O)[C@@H](O)C(O)C1O. The van der Waals surface area contributed by atoms with Gasteiger partial charge in [0.25, 0.3) is 10.1 Å². The molecule has 0 aliphatic carbocycles. The molecule has 1 aliphatic rings. The number of esters is 2. The van der Waals surface area contributed by atoms with Crippen molar-refractivity contribution in [3.63, 3.8) is 0 Å². The third-order valence-electron chi connectivity index (χ3n) is 10.3. The van der Waals surface area contributed by atoms with Crippen LogP contribution in [-0.4, -0.2) is 96.0 Å². The lowest BCUT2D eigenvalue weighted by molar-refractivity contribution is -0.297. The molecular weight excluding hydrogens is 741 g/mol. The summed E-state index contributed by atoms with van der Waals surface area (Å²) >= 11 is 0. The lowest BCUT2D eigenvalue weighted by atomic mass is 10.00. The van der Waals surface area contributed by atoms with Crippen LogP contribution in [0.1, 0.15) is 194 Å². The van der Waals surface area contributed by atoms with Crippen molar-refractivity contribution in [3.05, 3.63) is 12.2 Å². The second-order valence-corrected chi connectivity index (χ2v) is 17.2. The van der Waals surface area contributed by atoms with Crippen LogP contribution in [0, 0.1) is 0 Å². The Hall–Kier alpha value is -1.61. The van der Waals surface area contributed by atoms with Crippen LogP contribution in [0.15, 0.2) is 12.2 Å². The van der Waals surface area contributed by atoms with Crippen molar-refractivity contribution < 1.29 is 56.8 Å². The number of hydrogen-bond donors (Lipinski definition) is 4. The first kappa shape index (κ1) is 52.4. The van der Waals surface area contributed by atoms with E-state index in [4.69, 9.17) is 18.9 Å². The molecule has 0 amide bonds. The van der Waals surface area contributed by atoms with Crippen LogP contribution in [0.3, 0.4) is 0 Å². The van der Waals surface area contributed by atoms with E-state index in [0.717, 1.165) is 44.9 Å². The number of unbranched alkanes of at least 4 members (excludes halogenated alkanes) is 23. The first-order valence-corrected chi connectivity index (χ1v) is 23.9. The van der Waals surface area contributed by atoms with Gasteiger partial charge in [0, 0.05) is 12.8 Å². The van der Waals surface area contributed by atoms with Gasteiger partial charge in [-0.2, -0.15) is 8.42 Å². The Balaban J connectivity index is 2.46. The van der Waals surface area contributed by atoms with Crippen molar-refractivity contribution in [3.8, 4) is 0 Å². The third-order valence-corrected chi connectivity index (χ3v) is 11.1. The standard InChI is InChI=1S/C43H80O12S/c1-3-5-7-9-11-13-15-17-18-20-21-23-25-27-29-31-38(44)52-33-36(34-53-43-42(48)41(47)40(46)37(55-43)35-56(49,50)51)54-39(45)32-30-28-26-24-22-19-16-14-12-10-8-6-4-2/h19,22,36-37,40-43,46-48H,3-18,20-21,23-35H2,1-2H3,(H,49,50,51)/b22-19+/t36-,37-,40-,41?,42?,43+/m1/s1. The molecule has 2 unspecified atom stereocenters. The zero-order valence-electron chi connectivity index (χ0n) is 35.0. The van der Waals surface area contributed by atoms with Crippen LogP contribution in [0.2, 0.25) is 0 Å². The van der Waals surface area contributed by atoms with Crippen molar-refractivity contribution >= 4 is 22.1 Å². The van der Waals surface area contributed by atoms with Gasteiger partial charge < -0.3 is 34.3 Å². The molecular formula is C43H80O12S. The molecule has 0 saturated carbocycles. The minimum absolute atomic E-state index is 0.148. The lowest BCUT2D eigenvalue weighted by Crippen LogP contribution is -2.60.